The minimum absolute atomic E-state index is 0.0115. The lowest BCUT2D eigenvalue weighted by molar-refractivity contribution is -0.131. The lowest BCUT2D eigenvalue weighted by atomic mass is 10.0. The monoisotopic (exact) mass is 249 g/mol. The van der Waals surface area contributed by atoms with Crippen molar-refractivity contribution in [1.82, 2.24) is 5.32 Å². The van der Waals surface area contributed by atoms with E-state index in [1.807, 2.05) is 31.2 Å². The highest BCUT2D eigenvalue weighted by atomic mass is 16.5. The van der Waals surface area contributed by atoms with E-state index in [1.54, 1.807) is 0 Å². The normalized spacial score (nSPS) is 23.0. The molecule has 1 heterocycles. The van der Waals surface area contributed by atoms with Gasteiger partial charge in [-0.25, -0.2) is 0 Å². The van der Waals surface area contributed by atoms with Crippen molar-refractivity contribution < 1.29 is 14.6 Å². The summed E-state index contributed by atoms with van der Waals surface area (Å²) in [6.07, 6.45) is 0.608. The molecule has 0 aliphatic carbocycles. The zero-order valence-electron chi connectivity index (χ0n) is 10.6. The molecule has 1 aromatic carbocycles. The van der Waals surface area contributed by atoms with Crippen LogP contribution in [0.4, 0.5) is 0 Å². The maximum atomic E-state index is 11.9. The highest BCUT2D eigenvalue weighted by Crippen LogP contribution is 2.20. The van der Waals surface area contributed by atoms with Crippen molar-refractivity contribution in [2.75, 3.05) is 6.61 Å². The first-order chi connectivity index (χ1) is 8.72. The molecule has 1 aromatic rings. The van der Waals surface area contributed by atoms with Crippen molar-refractivity contribution in [2.24, 2.45) is 5.92 Å². The second-order valence-electron chi connectivity index (χ2n) is 4.70. The van der Waals surface area contributed by atoms with Crippen molar-refractivity contribution in [3.8, 4) is 0 Å². The highest BCUT2D eigenvalue weighted by Gasteiger charge is 2.30. The molecule has 18 heavy (non-hydrogen) atoms. The van der Waals surface area contributed by atoms with Crippen molar-refractivity contribution in [3.63, 3.8) is 0 Å². The molecular formula is C14H19NO3. The van der Waals surface area contributed by atoms with Crippen molar-refractivity contribution in [3.05, 3.63) is 35.4 Å². The maximum Gasteiger partial charge on any atom is 0.249 e. The Balaban J connectivity index is 1.93. The van der Waals surface area contributed by atoms with Gasteiger partial charge in [0.15, 0.2) is 0 Å². The average Bonchev–Trinajstić information content (AvgIpc) is 2.82. The predicted molar refractivity (Wildman–Crippen MR) is 67.7 cm³/mol. The van der Waals surface area contributed by atoms with Gasteiger partial charge in [0.25, 0.3) is 0 Å². The molecule has 1 aliphatic heterocycles. The smallest absolute Gasteiger partial charge is 0.249 e. The largest absolute Gasteiger partial charge is 0.392 e. The molecule has 0 spiro atoms. The molecule has 1 fully saturated rings. The molecule has 2 atom stereocenters. The van der Waals surface area contributed by atoms with Gasteiger partial charge in [-0.05, 0) is 23.5 Å². The molecule has 2 N–H and O–H groups in total. The first-order valence-electron chi connectivity index (χ1n) is 6.29. The number of aliphatic hydroxyl groups excluding tert-OH is 1. The minimum atomic E-state index is -0.328. The Bertz CT molecular complexity index is 419. The van der Waals surface area contributed by atoms with Crippen LogP contribution in [-0.4, -0.2) is 23.7 Å². The van der Waals surface area contributed by atoms with Gasteiger partial charge in [0, 0.05) is 13.2 Å². The number of benzene rings is 1. The third kappa shape index (κ3) is 2.89. The van der Waals surface area contributed by atoms with E-state index in [0.29, 0.717) is 13.2 Å². The molecule has 0 radical (unpaired) electrons. The van der Waals surface area contributed by atoms with Gasteiger partial charge in [0.1, 0.15) is 6.10 Å². The highest BCUT2D eigenvalue weighted by molar-refractivity contribution is 5.81. The lowest BCUT2D eigenvalue weighted by Gasteiger charge is -2.15. The fourth-order valence-electron chi connectivity index (χ4n) is 2.20. The van der Waals surface area contributed by atoms with Crippen LogP contribution in [0, 0.1) is 5.92 Å². The Morgan fingerprint density at radius 3 is 2.78 bits per heavy atom. The Labute approximate surface area is 107 Å². The fourth-order valence-corrected chi connectivity index (χ4v) is 2.20. The van der Waals surface area contributed by atoms with E-state index in [9.17, 15) is 9.90 Å². The number of hydrogen-bond acceptors (Lipinski definition) is 3. The van der Waals surface area contributed by atoms with Gasteiger partial charge in [-0.1, -0.05) is 31.2 Å². The van der Waals surface area contributed by atoms with Crippen LogP contribution in [0.1, 0.15) is 24.5 Å². The van der Waals surface area contributed by atoms with Crippen LogP contribution in [-0.2, 0) is 22.7 Å². The molecule has 4 nitrogen and oxygen atoms in total. The molecule has 0 saturated carbocycles. The lowest BCUT2D eigenvalue weighted by Crippen LogP contribution is -2.36. The summed E-state index contributed by atoms with van der Waals surface area (Å²) in [5, 5.41) is 12.1. The van der Waals surface area contributed by atoms with Gasteiger partial charge >= 0.3 is 0 Å². The van der Waals surface area contributed by atoms with Crippen LogP contribution >= 0.6 is 0 Å². The van der Waals surface area contributed by atoms with E-state index in [-0.39, 0.29) is 24.5 Å². The van der Waals surface area contributed by atoms with Gasteiger partial charge in [-0.2, -0.15) is 0 Å². The van der Waals surface area contributed by atoms with Crippen LogP contribution in [0.2, 0.25) is 0 Å². The van der Waals surface area contributed by atoms with Gasteiger partial charge in [-0.15, -0.1) is 0 Å². The van der Waals surface area contributed by atoms with Crippen molar-refractivity contribution >= 4 is 5.91 Å². The van der Waals surface area contributed by atoms with E-state index in [4.69, 9.17) is 4.74 Å². The Kier molecular flexibility index (Phi) is 4.33. The zero-order chi connectivity index (χ0) is 13.0. The van der Waals surface area contributed by atoms with Gasteiger partial charge in [0.05, 0.1) is 6.61 Å². The summed E-state index contributed by atoms with van der Waals surface area (Å²) in [5.41, 5.74) is 1.79. The van der Waals surface area contributed by atoms with Crippen LogP contribution < -0.4 is 5.32 Å². The predicted octanol–water partition coefficient (Wildman–Crippen LogP) is 1.22. The van der Waals surface area contributed by atoms with Crippen LogP contribution in [0.5, 0.6) is 0 Å². The summed E-state index contributed by atoms with van der Waals surface area (Å²) in [6, 6.07) is 7.54. The minimum Gasteiger partial charge on any atom is -0.392 e. The second kappa shape index (κ2) is 5.98. The molecule has 4 heteroatoms. The Morgan fingerprint density at radius 2 is 2.17 bits per heavy atom. The van der Waals surface area contributed by atoms with E-state index >= 15 is 0 Å². The van der Waals surface area contributed by atoms with Crippen molar-refractivity contribution in [2.45, 2.75) is 32.6 Å². The summed E-state index contributed by atoms with van der Waals surface area (Å²) >= 11 is 0. The first-order valence-corrected chi connectivity index (χ1v) is 6.29. The fraction of sp³-hybridized carbons (Fsp3) is 0.500. The maximum absolute atomic E-state index is 11.9. The van der Waals surface area contributed by atoms with Crippen molar-refractivity contribution in [1.29, 1.82) is 0 Å². The summed E-state index contributed by atoms with van der Waals surface area (Å²) < 4.78 is 5.41. The molecule has 98 valence electrons. The summed E-state index contributed by atoms with van der Waals surface area (Å²) in [6.45, 7) is 3.11. The molecule has 2 unspecified atom stereocenters. The number of hydrogen-bond donors (Lipinski definition) is 2. The van der Waals surface area contributed by atoms with Gasteiger partial charge < -0.3 is 15.2 Å². The quantitative estimate of drug-likeness (QED) is 0.843. The summed E-state index contributed by atoms with van der Waals surface area (Å²) in [5.74, 6) is 0.214. The number of rotatable bonds is 4. The van der Waals surface area contributed by atoms with E-state index in [2.05, 4.69) is 5.32 Å². The number of ether oxygens (including phenoxy) is 1. The molecular weight excluding hydrogens is 230 g/mol. The first kappa shape index (κ1) is 13.1. The summed E-state index contributed by atoms with van der Waals surface area (Å²) in [7, 11) is 0. The Hall–Kier alpha value is -1.39. The van der Waals surface area contributed by atoms with E-state index in [0.717, 1.165) is 17.5 Å². The van der Waals surface area contributed by atoms with Crippen LogP contribution in [0.25, 0.3) is 0 Å². The molecule has 0 aromatic heterocycles. The van der Waals surface area contributed by atoms with Gasteiger partial charge in [0.2, 0.25) is 5.91 Å². The Morgan fingerprint density at radius 1 is 1.44 bits per heavy atom. The third-order valence-electron chi connectivity index (χ3n) is 3.39. The van der Waals surface area contributed by atoms with Gasteiger partial charge in [-0.3, -0.25) is 4.79 Å². The number of amides is 1. The summed E-state index contributed by atoms with van der Waals surface area (Å²) in [4.78, 5) is 11.9. The van der Waals surface area contributed by atoms with Crippen LogP contribution in [0.3, 0.4) is 0 Å². The average molecular weight is 249 g/mol. The van der Waals surface area contributed by atoms with E-state index in [1.165, 1.54) is 0 Å². The molecule has 1 amide bonds. The molecule has 1 aliphatic rings. The second-order valence-corrected chi connectivity index (χ2v) is 4.70. The zero-order valence-corrected chi connectivity index (χ0v) is 10.6. The number of nitrogens with one attached hydrogen (secondary N) is 1. The molecule has 2 rings (SSSR count). The molecule has 0 bridgehead atoms. The number of aliphatic hydroxyl groups is 1. The topological polar surface area (TPSA) is 58.6 Å². The number of carbonyl (C=O) groups excluding carboxylic acids is 1. The molecule has 1 saturated heterocycles. The van der Waals surface area contributed by atoms with E-state index < -0.39 is 0 Å². The number of carbonyl (C=O) groups is 1. The van der Waals surface area contributed by atoms with Crippen LogP contribution in [0.15, 0.2) is 24.3 Å². The SMILES string of the molecule is CC1CCOC1C(=O)NCc1ccccc1CO. The third-order valence-corrected chi connectivity index (χ3v) is 3.39. The standard InChI is InChI=1S/C14H19NO3/c1-10-6-7-18-13(10)14(17)15-8-11-4-2-3-5-12(11)9-16/h2-5,10,13,16H,6-9H2,1H3,(H,15,17).